The number of hydrogen-bond donors (Lipinski definition) is 2. The Balaban J connectivity index is 1.92. The maximum atomic E-state index is 6.16. The summed E-state index contributed by atoms with van der Waals surface area (Å²) in [4.78, 5) is 0. The van der Waals surface area contributed by atoms with E-state index in [0.29, 0.717) is 12.1 Å². The molecule has 2 nitrogen and oxygen atoms in total. The Hall–Kier alpha value is -0.250. The fourth-order valence-corrected chi connectivity index (χ4v) is 2.85. The number of nitrogens with one attached hydrogen (secondary N) is 2. The molecule has 0 amide bonds. The van der Waals surface area contributed by atoms with Gasteiger partial charge in [0.15, 0.2) is 0 Å². The van der Waals surface area contributed by atoms with Crippen LogP contribution in [0.3, 0.4) is 0 Å². The molecule has 0 bridgehead atoms. The van der Waals surface area contributed by atoms with Crippen molar-refractivity contribution in [3.05, 3.63) is 27.7 Å². The van der Waals surface area contributed by atoms with Gasteiger partial charge in [-0.05, 0) is 50.9 Å². The first-order valence-electron chi connectivity index (χ1n) is 6.10. The molecule has 0 aliphatic carbocycles. The van der Waals surface area contributed by atoms with Crippen LogP contribution < -0.4 is 10.6 Å². The molecule has 94 valence electrons. The monoisotopic (exact) mass is 316 g/mol. The van der Waals surface area contributed by atoms with E-state index in [1.165, 1.54) is 12.8 Å². The molecule has 1 aliphatic rings. The lowest BCUT2D eigenvalue weighted by Crippen LogP contribution is -2.29. The van der Waals surface area contributed by atoms with Crippen LogP contribution in [0.15, 0.2) is 22.7 Å². The summed E-state index contributed by atoms with van der Waals surface area (Å²) in [5.74, 6) is 0. The van der Waals surface area contributed by atoms with E-state index < -0.39 is 0 Å². The molecule has 1 aromatic rings. The first kappa shape index (κ1) is 13.2. The summed E-state index contributed by atoms with van der Waals surface area (Å²) in [6, 6.07) is 6.98. The minimum absolute atomic E-state index is 0.428. The largest absolute Gasteiger partial charge is 0.381 e. The van der Waals surface area contributed by atoms with Crippen LogP contribution in [0.5, 0.6) is 0 Å². The van der Waals surface area contributed by atoms with Gasteiger partial charge >= 0.3 is 0 Å². The van der Waals surface area contributed by atoms with Crippen molar-refractivity contribution >= 4 is 33.2 Å². The van der Waals surface area contributed by atoms with Gasteiger partial charge in [-0.3, -0.25) is 0 Å². The zero-order chi connectivity index (χ0) is 12.3. The Morgan fingerprint density at radius 1 is 1.59 bits per heavy atom. The van der Waals surface area contributed by atoms with Crippen molar-refractivity contribution in [1.29, 1.82) is 0 Å². The molecular weight excluding hydrogens is 300 g/mol. The standard InChI is InChI=1S/C13H18BrClN2/c1-9(7-11-3-2-6-16-11)17-13-8-10(14)4-5-12(13)15/h4-5,8-9,11,16-17H,2-3,6-7H2,1H3. The van der Waals surface area contributed by atoms with E-state index in [2.05, 4.69) is 33.5 Å². The first-order valence-corrected chi connectivity index (χ1v) is 7.27. The molecule has 1 aromatic carbocycles. The van der Waals surface area contributed by atoms with E-state index in [0.717, 1.165) is 28.1 Å². The number of hydrogen-bond acceptors (Lipinski definition) is 2. The van der Waals surface area contributed by atoms with E-state index in [-0.39, 0.29) is 0 Å². The maximum absolute atomic E-state index is 6.16. The van der Waals surface area contributed by atoms with Crippen molar-refractivity contribution in [1.82, 2.24) is 5.32 Å². The van der Waals surface area contributed by atoms with Gasteiger partial charge in [-0.15, -0.1) is 0 Å². The maximum Gasteiger partial charge on any atom is 0.0638 e. The molecule has 0 saturated carbocycles. The van der Waals surface area contributed by atoms with E-state index in [9.17, 15) is 0 Å². The summed E-state index contributed by atoms with van der Waals surface area (Å²) in [7, 11) is 0. The fourth-order valence-electron chi connectivity index (χ4n) is 2.32. The predicted molar refractivity (Wildman–Crippen MR) is 77.9 cm³/mol. The second kappa shape index (κ2) is 6.07. The minimum Gasteiger partial charge on any atom is -0.381 e. The number of rotatable bonds is 4. The highest BCUT2D eigenvalue weighted by atomic mass is 79.9. The van der Waals surface area contributed by atoms with Crippen LogP contribution in [-0.2, 0) is 0 Å². The molecule has 1 fully saturated rings. The Labute approximate surface area is 116 Å². The number of halogens is 2. The molecule has 2 rings (SSSR count). The Morgan fingerprint density at radius 3 is 3.12 bits per heavy atom. The number of benzene rings is 1. The van der Waals surface area contributed by atoms with Gasteiger partial charge in [-0.2, -0.15) is 0 Å². The van der Waals surface area contributed by atoms with Crippen molar-refractivity contribution in [2.45, 2.75) is 38.3 Å². The van der Waals surface area contributed by atoms with E-state index in [1.807, 2.05) is 18.2 Å². The molecule has 2 atom stereocenters. The van der Waals surface area contributed by atoms with Gasteiger partial charge in [-0.1, -0.05) is 27.5 Å². The molecule has 4 heteroatoms. The first-order chi connectivity index (χ1) is 8.15. The van der Waals surface area contributed by atoms with Crippen molar-refractivity contribution in [3.63, 3.8) is 0 Å². The molecule has 1 heterocycles. The number of anilines is 1. The zero-order valence-corrected chi connectivity index (χ0v) is 12.3. The summed E-state index contributed by atoms with van der Waals surface area (Å²) < 4.78 is 1.05. The fraction of sp³-hybridized carbons (Fsp3) is 0.538. The Morgan fingerprint density at radius 2 is 2.41 bits per heavy atom. The molecule has 0 aromatic heterocycles. The average molecular weight is 318 g/mol. The van der Waals surface area contributed by atoms with E-state index in [4.69, 9.17) is 11.6 Å². The van der Waals surface area contributed by atoms with Crippen molar-refractivity contribution < 1.29 is 0 Å². The summed E-state index contributed by atoms with van der Waals surface area (Å²) in [5.41, 5.74) is 1.01. The second-order valence-corrected chi connectivity index (χ2v) is 6.02. The molecule has 1 aliphatic heterocycles. The van der Waals surface area contributed by atoms with Crippen LogP contribution in [0.4, 0.5) is 5.69 Å². The van der Waals surface area contributed by atoms with Gasteiger partial charge in [0.05, 0.1) is 10.7 Å². The highest BCUT2D eigenvalue weighted by Gasteiger charge is 2.17. The Kier molecular flexibility index (Phi) is 4.71. The normalized spacial score (nSPS) is 21.5. The van der Waals surface area contributed by atoms with Gasteiger partial charge in [-0.25, -0.2) is 0 Å². The zero-order valence-electron chi connectivity index (χ0n) is 9.97. The average Bonchev–Trinajstić information content (AvgIpc) is 2.76. The lowest BCUT2D eigenvalue weighted by molar-refractivity contribution is 0.523. The van der Waals surface area contributed by atoms with Crippen LogP contribution >= 0.6 is 27.5 Å². The van der Waals surface area contributed by atoms with Crippen molar-refractivity contribution in [3.8, 4) is 0 Å². The third-order valence-electron chi connectivity index (χ3n) is 3.13. The minimum atomic E-state index is 0.428. The van der Waals surface area contributed by atoms with Crippen LogP contribution in [-0.4, -0.2) is 18.6 Å². The quantitative estimate of drug-likeness (QED) is 0.875. The molecular formula is C13H18BrClN2. The molecule has 1 saturated heterocycles. The van der Waals surface area contributed by atoms with Crippen molar-refractivity contribution in [2.24, 2.45) is 0 Å². The molecule has 0 spiro atoms. The molecule has 17 heavy (non-hydrogen) atoms. The Bertz CT molecular complexity index is 378. The second-order valence-electron chi connectivity index (χ2n) is 4.70. The summed E-state index contributed by atoms with van der Waals surface area (Å²) >= 11 is 9.62. The third kappa shape index (κ3) is 3.87. The van der Waals surface area contributed by atoms with Crippen LogP contribution in [0.1, 0.15) is 26.2 Å². The van der Waals surface area contributed by atoms with Gasteiger partial charge < -0.3 is 10.6 Å². The van der Waals surface area contributed by atoms with Crippen LogP contribution in [0.2, 0.25) is 5.02 Å². The molecule has 2 N–H and O–H groups in total. The highest BCUT2D eigenvalue weighted by molar-refractivity contribution is 9.10. The SMILES string of the molecule is CC(CC1CCCN1)Nc1cc(Br)ccc1Cl. The van der Waals surface area contributed by atoms with Gasteiger partial charge in [0.2, 0.25) is 0 Å². The smallest absolute Gasteiger partial charge is 0.0638 e. The van der Waals surface area contributed by atoms with E-state index >= 15 is 0 Å². The summed E-state index contributed by atoms with van der Waals surface area (Å²) in [5, 5.41) is 7.77. The highest BCUT2D eigenvalue weighted by Crippen LogP contribution is 2.27. The van der Waals surface area contributed by atoms with Crippen LogP contribution in [0.25, 0.3) is 0 Å². The lowest BCUT2D eigenvalue weighted by Gasteiger charge is -2.20. The lowest BCUT2D eigenvalue weighted by atomic mass is 10.1. The van der Waals surface area contributed by atoms with Gasteiger partial charge in [0.25, 0.3) is 0 Å². The summed E-state index contributed by atoms with van der Waals surface area (Å²) in [6.07, 6.45) is 3.73. The predicted octanol–water partition coefficient (Wildman–Crippen LogP) is 4.05. The van der Waals surface area contributed by atoms with E-state index in [1.54, 1.807) is 0 Å². The van der Waals surface area contributed by atoms with Crippen molar-refractivity contribution in [2.75, 3.05) is 11.9 Å². The molecule has 2 unspecified atom stereocenters. The topological polar surface area (TPSA) is 24.1 Å². The summed E-state index contributed by atoms with van der Waals surface area (Å²) in [6.45, 7) is 3.37. The van der Waals surface area contributed by atoms with Gasteiger partial charge in [0.1, 0.15) is 0 Å². The molecule has 0 radical (unpaired) electrons. The van der Waals surface area contributed by atoms with Gasteiger partial charge in [0, 0.05) is 16.6 Å². The third-order valence-corrected chi connectivity index (χ3v) is 3.95. The van der Waals surface area contributed by atoms with Crippen LogP contribution in [0, 0.1) is 0 Å².